The number of halogens is 2. The van der Waals surface area contributed by atoms with E-state index in [0.717, 1.165) is 5.56 Å². The first-order valence-corrected chi connectivity index (χ1v) is 6.23. The molecule has 100 valence electrons. The van der Waals surface area contributed by atoms with Gasteiger partial charge in [-0.25, -0.2) is 4.39 Å². The molecular weight excluding hydrogens is 267 g/mol. The first-order chi connectivity index (χ1) is 9.19. The summed E-state index contributed by atoms with van der Waals surface area (Å²) in [6, 6.07) is 8.42. The zero-order valence-electron chi connectivity index (χ0n) is 10.4. The molecule has 0 saturated carbocycles. The Morgan fingerprint density at radius 3 is 2.68 bits per heavy atom. The van der Waals surface area contributed by atoms with Gasteiger partial charge < -0.3 is 10.1 Å². The highest BCUT2D eigenvalue weighted by atomic mass is 35.5. The zero-order valence-corrected chi connectivity index (χ0v) is 11.2. The highest BCUT2D eigenvalue weighted by Gasteiger charge is 2.11. The summed E-state index contributed by atoms with van der Waals surface area (Å²) < 4.78 is 18.8. The molecule has 1 unspecified atom stereocenters. The van der Waals surface area contributed by atoms with E-state index in [2.05, 4.69) is 10.3 Å². The number of ether oxygens (including phenoxy) is 1. The first-order valence-electron chi connectivity index (χ1n) is 5.85. The van der Waals surface area contributed by atoms with Crippen LogP contribution in [-0.4, -0.2) is 18.6 Å². The lowest BCUT2D eigenvalue weighted by Gasteiger charge is -2.17. The Balaban J connectivity index is 2.01. The molecule has 1 aromatic carbocycles. The second kappa shape index (κ2) is 6.50. The van der Waals surface area contributed by atoms with Gasteiger partial charge in [0.15, 0.2) is 0 Å². The molecule has 0 aliphatic carbocycles. The zero-order chi connectivity index (χ0) is 13.7. The monoisotopic (exact) mass is 280 g/mol. The minimum Gasteiger partial charge on any atom is -0.492 e. The third-order valence-corrected chi connectivity index (χ3v) is 2.96. The Morgan fingerprint density at radius 2 is 2.05 bits per heavy atom. The van der Waals surface area contributed by atoms with Crippen LogP contribution in [0.25, 0.3) is 0 Å². The molecule has 0 amide bonds. The molecule has 2 aromatic rings. The van der Waals surface area contributed by atoms with Gasteiger partial charge in [0.2, 0.25) is 0 Å². The second-order valence-corrected chi connectivity index (χ2v) is 4.48. The van der Waals surface area contributed by atoms with Crippen molar-refractivity contribution < 1.29 is 9.13 Å². The molecule has 5 heteroatoms. The standard InChI is InChI=1S/C14H14ClFN2O/c1-17-14(10-6-12(16)8-18-7-10)9-19-13-4-2-11(15)3-5-13/h2-8,14,17H,9H2,1H3. The maximum Gasteiger partial charge on any atom is 0.141 e. The van der Waals surface area contributed by atoms with Crippen LogP contribution in [0.3, 0.4) is 0 Å². The van der Waals surface area contributed by atoms with E-state index in [-0.39, 0.29) is 11.9 Å². The number of hydrogen-bond acceptors (Lipinski definition) is 3. The van der Waals surface area contributed by atoms with Crippen molar-refractivity contribution in [2.24, 2.45) is 0 Å². The number of likely N-dealkylation sites (N-methyl/N-ethyl adjacent to an activating group) is 1. The van der Waals surface area contributed by atoms with Gasteiger partial charge in [-0.2, -0.15) is 0 Å². The third-order valence-electron chi connectivity index (χ3n) is 2.71. The lowest BCUT2D eigenvalue weighted by atomic mass is 10.1. The van der Waals surface area contributed by atoms with Crippen molar-refractivity contribution in [3.8, 4) is 5.75 Å². The minimum absolute atomic E-state index is 0.126. The fourth-order valence-corrected chi connectivity index (χ4v) is 1.80. The fourth-order valence-electron chi connectivity index (χ4n) is 1.68. The molecule has 2 rings (SSSR count). The number of pyridine rings is 1. The van der Waals surface area contributed by atoms with Crippen molar-refractivity contribution in [1.29, 1.82) is 0 Å². The molecule has 3 nitrogen and oxygen atoms in total. The van der Waals surface area contributed by atoms with E-state index in [9.17, 15) is 4.39 Å². The Kier molecular flexibility index (Phi) is 4.71. The summed E-state index contributed by atoms with van der Waals surface area (Å²) in [7, 11) is 1.79. The predicted octanol–water partition coefficient (Wildman–Crippen LogP) is 3.21. The van der Waals surface area contributed by atoms with E-state index in [1.54, 1.807) is 37.5 Å². The van der Waals surface area contributed by atoms with Gasteiger partial charge in [0.25, 0.3) is 0 Å². The van der Waals surface area contributed by atoms with Gasteiger partial charge in [-0.1, -0.05) is 11.6 Å². The molecule has 0 fully saturated rings. The molecule has 0 saturated heterocycles. The fraction of sp³-hybridized carbons (Fsp3) is 0.214. The molecule has 0 spiro atoms. The Hall–Kier alpha value is -1.65. The van der Waals surface area contributed by atoms with Crippen LogP contribution >= 0.6 is 11.6 Å². The maximum absolute atomic E-state index is 13.1. The minimum atomic E-state index is -0.357. The van der Waals surface area contributed by atoms with E-state index < -0.39 is 0 Å². The van der Waals surface area contributed by atoms with Crippen LogP contribution in [0, 0.1) is 5.82 Å². The number of nitrogens with zero attached hydrogens (tertiary/aromatic N) is 1. The predicted molar refractivity (Wildman–Crippen MR) is 72.9 cm³/mol. The van der Waals surface area contributed by atoms with Gasteiger partial charge >= 0.3 is 0 Å². The lowest BCUT2D eigenvalue weighted by molar-refractivity contribution is 0.272. The summed E-state index contributed by atoms with van der Waals surface area (Å²) in [6.45, 7) is 0.378. The molecule has 0 aliphatic heterocycles. The van der Waals surface area contributed by atoms with Crippen molar-refractivity contribution >= 4 is 11.6 Å². The molecule has 19 heavy (non-hydrogen) atoms. The summed E-state index contributed by atoms with van der Waals surface area (Å²) >= 11 is 5.80. The third kappa shape index (κ3) is 3.91. The van der Waals surface area contributed by atoms with Crippen LogP contribution in [0.1, 0.15) is 11.6 Å². The topological polar surface area (TPSA) is 34.1 Å². The van der Waals surface area contributed by atoms with Crippen LogP contribution in [0.15, 0.2) is 42.7 Å². The van der Waals surface area contributed by atoms with Crippen LogP contribution in [0.4, 0.5) is 4.39 Å². The van der Waals surface area contributed by atoms with E-state index in [4.69, 9.17) is 16.3 Å². The molecule has 0 bridgehead atoms. The highest BCUT2D eigenvalue weighted by Crippen LogP contribution is 2.18. The molecule has 1 N–H and O–H groups in total. The van der Waals surface area contributed by atoms with Crippen molar-refractivity contribution in [2.75, 3.05) is 13.7 Å². The number of benzene rings is 1. The van der Waals surface area contributed by atoms with Crippen molar-refractivity contribution in [3.05, 3.63) is 59.1 Å². The van der Waals surface area contributed by atoms with Gasteiger partial charge in [0, 0.05) is 11.2 Å². The van der Waals surface area contributed by atoms with Gasteiger partial charge in [0.05, 0.1) is 12.2 Å². The summed E-state index contributed by atoms with van der Waals surface area (Å²) in [5.74, 6) is 0.359. The maximum atomic E-state index is 13.1. The van der Waals surface area contributed by atoms with E-state index in [1.165, 1.54) is 12.3 Å². The molecule has 1 atom stereocenters. The SMILES string of the molecule is CNC(COc1ccc(Cl)cc1)c1cncc(F)c1. The molecule has 1 heterocycles. The average Bonchev–Trinajstić information content (AvgIpc) is 2.42. The second-order valence-electron chi connectivity index (χ2n) is 4.04. The quantitative estimate of drug-likeness (QED) is 0.913. The first kappa shape index (κ1) is 13.8. The van der Waals surface area contributed by atoms with Crippen molar-refractivity contribution in [2.45, 2.75) is 6.04 Å². The normalized spacial score (nSPS) is 12.2. The van der Waals surface area contributed by atoms with Crippen LogP contribution in [0.5, 0.6) is 5.75 Å². The summed E-state index contributed by atoms with van der Waals surface area (Å²) in [4.78, 5) is 3.83. The number of rotatable bonds is 5. The number of aromatic nitrogens is 1. The number of nitrogens with one attached hydrogen (secondary N) is 1. The molecule has 0 radical (unpaired) electrons. The Labute approximate surface area is 116 Å². The Morgan fingerprint density at radius 1 is 1.32 bits per heavy atom. The van der Waals surface area contributed by atoms with Crippen LogP contribution in [0.2, 0.25) is 5.02 Å². The molecular formula is C14H14ClFN2O. The van der Waals surface area contributed by atoms with E-state index >= 15 is 0 Å². The van der Waals surface area contributed by atoms with Crippen LogP contribution < -0.4 is 10.1 Å². The van der Waals surface area contributed by atoms with E-state index in [0.29, 0.717) is 17.4 Å². The van der Waals surface area contributed by atoms with Gasteiger partial charge in [-0.05, 0) is 42.9 Å². The smallest absolute Gasteiger partial charge is 0.141 e. The van der Waals surface area contributed by atoms with Gasteiger partial charge in [-0.15, -0.1) is 0 Å². The van der Waals surface area contributed by atoms with Gasteiger partial charge in [-0.3, -0.25) is 4.98 Å². The largest absolute Gasteiger partial charge is 0.492 e. The molecule has 0 aliphatic rings. The van der Waals surface area contributed by atoms with Crippen LogP contribution in [-0.2, 0) is 0 Å². The van der Waals surface area contributed by atoms with E-state index in [1.807, 2.05) is 0 Å². The highest BCUT2D eigenvalue weighted by molar-refractivity contribution is 6.30. The average molecular weight is 281 g/mol. The number of hydrogen-bond donors (Lipinski definition) is 1. The van der Waals surface area contributed by atoms with Crippen molar-refractivity contribution in [1.82, 2.24) is 10.3 Å². The van der Waals surface area contributed by atoms with Gasteiger partial charge in [0.1, 0.15) is 18.2 Å². The summed E-state index contributed by atoms with van der Waals surface area (Å²) in [5, 5.41) is 3.73. The lowest BCUT2D eigenvalue weighted by Crippen LogP contribution is -2.23. The van der Waals surface area contributed by atoms with Crippen molar-refractivity contribution in [3.63, 3.8) is 0 Å². The summed E-state index contributed by atoms with van der Waals surface area (Å²) in [6.07, 6.45) is 2.80. The molecule has 1 aromatic heterocycles. The Bertz CT molecular complexity index is 533. The summed E-state index contributed by atoms with van der Waals surface area (Å²) in [5.41, 5.74) is 0.747.